The van der Waals surface area contributed by atoms with Gasteiger partial charge in [-0.2, -0.15) is 0 Å². The number of nitrogens with one attached hydrogen (secondary N) is 1. The number of anilines is 2. The first-order valence-corrected chi connectivity index (χ1v) is 6.69. The Labute approximate surface area is 116 Å². The Morgan fingerprint density at radius 1 is 1.30 bits per heavy atom. The third kappa shape index (κ3) is 2.41. The monoisotopic (exact) mass is 273 g/mol. The van der Waals surface area contributed by atoms with Crippen LogP contribution in [0.15, 0.2) is 30.7 Å². The number of rotatable bonds is 4. The van der Waals surface area contributed by atoms with Gasteiger partial charge in [0.05, 0.1) is 11.7 Å². The van der Waals surface area contributed by atoms with Gasteiger partial charge in [0.15, 0.2) is 11.6 Å². The third-order valence-corrected chi connectivity index (χ3v) is 3.39. The van der Waals surface area contributed by atoms with E-state index in [2.05, 4.69) is 25.2 Å². The molecule has 2 aromatic heterocycles. The third-order valence-electron chi connectivity index (χ3n) is 3.39. The minimum Gasteiger partial charge on any atom is -0.361 e. The number of aryl methyl sites for hydroxylation is 1. The highest BCUT2D eigenvalue weighted by molar-refractivity contribution is 5.46. The number of hydrogen-bond acceptors (Lipinski definition) is 5. The van der Waals surface area contributed by atoms with E-state index >= 15 is 0 Å². The van der Waals surface area contributed by atoms with Gasteiger partial charge in [0.25, 0.3) is 0 Å². The van der Waals surface area contributed by atoms with Gasteiger partial charge in [-0.05, 0) is 18.6 Å². The lowest BCUT2D eigenvalue weighted by Crippen LogP contribution is -2.55. The maximum atomic E-state index is 14.0. The molecule has 1 aliphatic heterocycles. The molecule has 5 nitrogen and oxygen atoms in total. The van der Waals surface area contributed by atoms with Gasteiger partial charge in [-0.15, -0.1) is 0 Å². The molecule has 0 aliphatic carbocycles. The summed E-state index contributed by atoms with van der Waals surface area (Å²) in [6, 6.07) is 6.00. The topological polar surface area (TPSA) is 53.9 Å². The van der Waals surface area contributed by atoms with Crippen molar-refractivity contribution in [2.75, 3.05) is 23.3 Å². The number of halogens is 1. The number of aromatic nitrogens is 3. The molecule has 3 heterocycles. The maximum absolute atomic E-state index is 14.0. The molecule has 0 spiro atoms. The van der Waals surface area contributed by atoms with E-state index in [-0.39, 0.29) is 11.9 Å². The summed E-state index contributed by atoms with van der Waals surface area (Å²) in [4.78, 5) is 14.3. The molecule has 1 aliphatic rings. The highest BCUT2D eigenvalue weighted by Crippen LogP contribution is 2.21. The molecule has 3 rings (SSSR count). The van der Waals surface area contributed by atoms with Crippen LogP contribution in [0.3, 0.4) is 0 Å². The molecule has 1 N–H and O–H groups in total. The second kappa shape index (κ2) is 5.40. The van der Waals surface area contributed by atoms with Crippen LogP contribution in [-0.4, -0.2) is 34.1 Å². The quantitative estimate of drug-likeness (QED) is 0.921. The molecule has 1 fully saturated rings. The molecule has 0 unspecified atom stereocenters. The fourth-order valence-corrected chi connectivity index (χ4v) is 2.24. The summed E-state index contributed by atoms with van der Waals surface area (Å²) >= 11 is 0. The Balaban J connectivity index is 1.62. The van der Waals surface area contributed by atoms with Crippen LogP contribution in [0.2, 0.25) is 0 Å². The zero-order valence-electron chi connectivity index (χ0n) is 11.3. The average molecular weight is 273 g/mol. The first-order chi connectivity index (χ1) is 9.78. The van der Waals surface area contributed by atoms with Crippen LogP contribution in [0.25, 0.3) is 0 Å². The average Bonchev–Trinajstić information content (AvgIpc) is 2.45. The van der Waals surface area contributed by atoms with Gasteiger partial charge in [0, 0.05) is 19.3 Å². The van der Waals surface area contributed by atoms with Gasteiger partial charge in [-0.25, -0.2) is 19.3 Å². The molecule has 0 radical (unpaired) electrons. The van der Waals surface area contributed by atoms with Crippen molar-refractivity contribution in [2.45, 2.75) is 19.4 Å². The van der Waals surface area contributed by atoms with Gasteiger partial charge in [0.1, 0.15) is 12.1 Å². The smallest absolute Gasteiger partial charge is 0.186 e. The van der Waals surface area contributed by atoms with E-state index in [1.807, 2.05) is 25.1 Å². The molecule has 0 amide bonds. The van der Waals surface area contributed by atoms with Crippen molar-refractivity contribution in [1.29, 1.82) is 0 Å². The van der Waals surface area contributed by atoms with Crippen LogP contribution in [0, 0.1) is 5.82 Å². The van der Waals surface area contributed by atoms with Crippen LogP contribution < -0.4 is 10.2 Å². The van der Waals surface area contributed by atoms with Crippen LogP contribution >= 0.6 is 0 Å². The summed E-state index contributed by atoms with van der Waals surface area (Å²) < 4.78 is 14.0. The largest absolute Gasteiger partial charge is 0.361 e. The summed E-state index contributed by atoms with van der Waals surface area (Å²) in [5, 5.41) is 3.13. The lowest BCUT2D eigenvalue weighted by Gasteiger charge is -2.40. The molecule has 20 heavy (non-hydrogen) atoms. The van der Waals surface area contributed by atoms with E-state index in [4.69, 9.17) is 0 Å². The fraction of sp³-hybridized carbons (Fsp3) is 0.357. The summed E-state index contributed by atoms with van der Waals surface area (Å²) in [5.74, 6) is 0.900. The fourth-order valence-electron chi connectivity index (χ4n) is 2.24. The lowest BCUT2D eigenvalue weighted by atomic mass is 10.1. The minimum atomic E-state index is -0.341. The summed E-state index contributed by atoms with van der Waals surface area (Å²) in [7, 11) is 0. The first-order valence-electron chi connectivity index (χ1n) is 6.69. The highest BCUT2D eigenvalue weighted by atomic mass is 19.1. The van der Waals surface area contributed by atoms with Crippen LogP contribution in [0.4, 0.5) is 16.0 Å². The lowest BCUT2D eigenvalue weighted by molar-refractivity contribution is 0.532. The normalized spacial score (nSPS) is 15.0. The van der Waals surface area contributed by atoms with Crippen LogP contribution in [-0.2, 0) is 6.42 Å². The summed E-state index contributed by atoms with van der Waals surface area (Å²) in [6.07, 6.45) is 3.74. The van der Waals surface area contributed by atoms with Crippen LogP contribution in [0.5, 0.6) is 0 Å². The molecule has 0 atom stereocenters. The van der Waals surface area contributed by atoms with E-state index in [1.54, 1.807) is 6.20 Å². The number of pyridine rings is 1. The van der Waals surface area contributed by atoms with Crippen molar-refractivity contribution < 1.29 is 4.39 Å². The molecule has 0 aromatic carbocycles. The zero-order valence-corrected chi connectivity index (χ0v) is 11.3. The number of nitrogens with zero attached hydrogens (tertiary/aromatic N) is 4. The van der Waals surface area contributed by atoms with Crippen LogP contribution in [0.1, 0.15) is 12.6 Å². The van der Waals surface area contributed by atoms with E-state index < -0.39 is 0 Å². The highest BCUT2D eigenvalue weighted by Gasteiger charge is 2.28. The van der Waals surface area contributed by atoms with Gasteiger partial charge in [-0.1, -0.05) is 13.0 Å². The molecular formula is C14H16FN5. The van der Waals surface area contributed by atoms with E-state index in [0.29, 0.717) is 17.9 Å². The van der Waals surface area contributed by atoms with Crippen molar-refractivity contribution >= 4 is 11.6 Å². The predicted octanol–water partition coefficient (Wildman–Crippen LogP) is 1.87. The molecule has 2 aromatic rings. The molecule has 104 valence electrons. The number of hydrogen-bond donors (Lipinski definition) is 1. The predicted molar refractivity (Wildman–Crippen MR) is 75.2 cm³/mol. The second-order valence-corrected chi connectivity index (χ2v) is 4.77. The molecule has 1 saturated heterocycles. The van der Waals surface area contributed by atoms with Crippen molar-refractivity contribution in [3.8, 4) is 0 Å². The van der Waals surface area contributed by atoms with Crippen molar-refractivity contribution in [3.05, 3.63) is 42.2 Å². The van der Waals surface area contributed by atoms with Gasteiger partial charge in [0.2, 0.25) is 0 Å². The Morgan fingerprint density at radius 3 is 2.85 bits per heavy atom. The minimum absolute atomic E-state index is 0.186. The molecular weight excluding hydrogens is 257 g/mol. The maximum Gasteiger partial charge on any atom is 0.186 e. The Hall–Kier alpha value is -2.24. The summed E-state index contributed by atoms with van der Waals surface area (Å²) in [6.45, 7) is 3.46. The Kier molecular flexibility index (Phi) is 3.45. The Bertz CT molecular complexity index is 583. The van der Waals surface area contributed by atoms with Gasteiger partial charge in [-0.3, -0.25) is 0 Å². The SMILES string of the molecule is CCc1ncnc(NC2CN(c3ccccn3)C2)c1F. The van der Waals surface area contributed by atoms with Gasteiger partial charge >= 0.3 is 0 Å². The molecule has 0 bridgehead atoms. The van der Waals surface area contributed by atoms with E-state index in [0.717, 1.165) is 18.9 Å². The molecule has 0 saturated carbocycles. The zero-order chi connectivity index (χ0) is 13.9. The van der Waals surface area contributed by atoms with E-state index in [1.165, 1.54) is 6.33 Å². The van der Waals surface area contributed by atoms with Crippen molar-refractivity contribution in [2.24, 2.45) is 0 Å². The van der Waals surface area contributed by atoms with Crippen molar-refractivity contribution in [3.63, 3.8) is 0 Å². The standard InChI is InChI=1S/C14H16FN5/c1-2-11-13(15)14(18-9-17-11)19-10-7-20(8-10)12-5-3-4-6-16-12/h3-6,9-10H,2,7-8H2,1H3,(H,17,18,19). The summed E-state index contributed by atoms with van der Waals surface area (Å²) in [5.41, 5.74) is 0.448. The van der Waals surface area contributed by atoms with Gasteiger partial charge < -0.3 is 10.2 Å². The van der Waals surface area contributed by atoms with Crippen molar-refractivity contribution in [1.82, 2.24) is 15.0 Å². The second-order valence-electron chi connectivity index (χ2n) is 4.77. The molecule has 6 heteroatoms. The Morgan fingerprint density at radius 2 is 2.15 bits per heavy atom. The first kappa shape index (κ1) is 12.8. The van der Waals surface area contributed by atoms with E-state index in [9.17, 15) is 4.39 Å².